The minimum atomic E-state index is -4.96. The zero-order valence-electron chi connectivity index (χ0n) is 14.5. The number of hydrogen-bond acceptors (Lipinski definition) is 5. The van der Waals surface area contributed by atoms with Gasteiger partial charge in [-0.05, 0) is 31.4 Å². The lowest BCUT2D eigenvalue weighted by Crippen LogP contribution is -2.42. The first-order chi connectivity index (χ1) is 13.3. The lowest BCUT2D eigenvalue weighted by molar-refractivity contribution is -0.167. The van der Waals surface area contributed by atoms with Crippen molar-refractivity contribution >= 4 is 28.8 Å². The molecular formula is C18H17F3N4O2S. The van der Waals surface area contributed by atoms with E-state index in [0.29, 0.717) is 27.5 Å². The summed E-state index contributed by atoms with van der Waals surface area (Å²) in [4.78, 5) is 28.2. The summed E-state index contributed by atoms with van der Waals surface area (Å²) < 4.78 is 37.2. The third-order valence-corrected chi connectivity index (χ3v) is 6.02. The van der Waals surface area contributed by atoms with Crippen LogP contribution in [-0.2, 0) is 4.79 Å². The molecule has 28 heavy (non-hydrogen) atoms. The molecule has 0 saturated carbocycles. The molecule has 6 nitrogen and oxygen atoms in total. The van der Waals surface area contributed by atoms with Crippen LogP contribution in [-0.4, -0.2) is 41.1 Å². The van der Waals surface area contributed by atoms with Crippen molar-refractivity contribution in [2.45, 2.75) is 43.6 Å². The summed E-state index contributed by atoms with van der Waals surface area (Å²) in [6.45, 7) is 0. The number of nitrogens with one attached hydrogen (secondary N) is 3. The fourth-order valence-corrected chi connectivity index (χ4v) is 4.48. The highest BCUT2D eigenvalue weighted by Crippen LogP contribution is 2.30. The standard InChI is InChI=1S/C18H17F3N4O2S/c19-18(20,21)17(27)24-10-3-1-2-9(6-10)16-22-8-14(28-16)15(26)25-13-7-11-4-5-12(13)23-11/h1-3,6,8,11-13,23H,4-5,7H2,(H,24,27)(H,25,26). The highest BCUT2D eigenvalue weighted by atomic mass is 32.1. The molecule has 3 atom stereocenters. The molecule has 2 bridgehead atoms. The molecule has 2 fully saturated rings. The van der Waals surface area contributed by atoms with E-state index in [1.54, 1.807) is 6.07 Å². The number of carbonyl (C=O) groups excluding carboxylic acids is 2. The van der Waals surface area contributed by atoms with Crippen LogP contribution in [0.1, 0.15) is 28.9 Å². The minimum Gasteiger partial charge on any atom is -0.347 e. The third kappa shape index (κ3) is 3.88. The Labute approximate surface area is 162 Å². The number of fused-ring (bicyclic) bond motifs is 2. The van der Waals surface area contributed by atoms with E-state index in [2.05, 4.69) is 15.6 Å². The van der Waals surface area contributed by atoms with Crippen molar-refractivity contribution in [2.75, 3.05) is 5.32 Å². The number of hydrogen-bond donors (Lipinski definition) is 3. The SMILES string of the molecule is O=C(NC1CC2CCC1N2)c1cnc(-c2cccc(NC(=O)C(F)(F)F)c2)s1. The number of amides is 2. The zero-order chi connectivity index (χ0) is 19.9. The van der Waals surface area contributed by atoms with E-state index >= 15 is 0 Å². The molecule has 1 aromatic carbocycles. The lowest BCUT2D eigenvalue weighted by Gasteiger charge is -2.20. The van der Waals surface area contributed by atoms with Gasteiger partial charge in [0.2, 0.25) is 0 Å². The van der Waals surface area contributed by atoms with E-state index in [9.17, 15) is 22.8 Å². The van der Waals surface area contributed by atoms with Crippen LogP contribution in [0.2, 0.25) is 0 Å². The van der Waals surface area contributed by atoms with Crippen molar-refractivity contribution in [2.24, 2.45) is 0 Å². The average molecular weight is 410 g/mol. The maximum atomic E-state index is 12.5. The summed E-state index contributed by atoms with van der Waals surface area (Å²) >= 11 is 1.15. The monoisotopic (exact) mass is 410 g/mol. The van der Waals surface area contributed by atoms with Gasteiger partial charge in [-0.1, -0.05) is 12.1 Å². The fourth-order valence-electron chi connectivity index (χ4n) is 3.67. The molecule has 3 unspecified atom stereocenters. The second-order valence-corrected chi connectivity index (χ2v) is 7.96. The Balaban J connectivity index is 1.44. The van der Waals surface area contributed by atoms with E-state index < -0.39 is 12.1 Å². The number of thiazole rings is 1. The van der Waals surface area contributed by atoms with Gasteiger partial charge in [-0.25, -0.2) is 4.98 Å². The zero-order valence-corrected chi connectivity index (χ0v) is 15.4. The van der Waals surface area contributed by atoms with E-state index in [1.165, 1.54) is 24.4 Å². The van der Waals surface area contributed by atoms with Gasteiger partial charge in [-0.2, -0.15) is 13.2 Å². The summed E-state index contributed by atoms with van der Waals surface area (Å²) in [6, 6.07) is 6.82. The van der Waals surface area contributed by atoms with Gasteiger partial charge in [-0.3, -0.25) is 9.59 Å². The van der Waals surface area contributed by atoms with Gasteiger partial charge in [0.05, 0.1) is 6.20 Å². The molecule has 0 radical (unpaired) electrons. The van der Waals surface area contributed by atoms with Crippen molar-refractivity contribution < 1.29 is 22.8 Å². The Morgan fingerprint density at radius 1 is 1.25 bits per heavy atom. The number of rotatable bonds is 4. The summed E-state index contributed by atoms with van der Waals surface area (Å²) in [5, 5.41) is 8.79. The molecule has 148 valence electrons. The molecule has 2 saturated heterocycles. The van der Waals surface area contributed by atoms with Gasteiger partial charge >= 0.3 is 12.1 Å². The number of carbonyl (C=O) groups is 2. The first-order valence-corrected chi connectivity index (χ1v) is 9.62. The molecule has 2 aromatic rings. The lowest BCUT2D eigenvalue weighted by atomic mass is 9.95. The molecule has 1 aromatic heterocycles. The summed E-state index contributed by atoms with van der Waals surface area (Å²) in [5.74, 6) is -2.24. The highest BCUT2D eigenvalue weighted by molar-refractivity contribution is 7.16. The van der Waals surface area contributed by atoms with Crippen LogP contribution in [0.15, 0.2) is 30.5 Å². The van der Waals surface area contributed by atoms with Gasteiger partial charge in [0.1, 0.15) is 9.88 Å². The Bertz CT molecular complexity index is 914. The van der Waals surface area contributed by atoms with E-state index in [-0.39, 0.29) is 17.6 Å². The molecule has 2 aliphatic rings. The Morgan fingerprint density at radius 2 is 2.07 bits per heavy atom. The smallest absolute Gasteiger partial charge is 0.347 e. The molecule has 3 heterocycles. The van der Waals surface area contributed by atoms with Crippen LogP contribution < -0.4 is 16.0 Å². The Hall–Kier alpha value is -2.46. The first-order valence-electron chi connectivity index (χ1n) is 8.81. The van der Waals surface area contributed by atoms with Crippen molar-refractivity contribution in [3.63, 3.8) is 0 Å². The predicted molar refractivity (Wildman–Crippen MR) is 98.1 cm³/mol. The molecule has 0 aliphatic carbocycles. The topological polar surface area (TPSA) is 83.1 Å². The molecule has 3 N–H and O–H groups in total. The van der Waals surface area contributed by atoms with Gasteiger partial charge in [-0.15, -0.1) is 11.3 Å². The normalized spacial score (nSPS) is 23.6. The van der Waals surface area contributed by atoms with Crippen LogP contribution >= 0.6 is 11.3 Å². The van der Waals surface area contributed by atoms with Crippen LogP contribution in [0.3, 0.4) is 0 Å². The summed E-state index contributed by atoms with van der Waals surface area (Å²) in [6.07, 6.45) is -0.389. The summed E-state index contributed by atoms with van der Waals surface area (Å²) in [7, 11) is 0. The maximum Gasteiger partial charge on any atom is 0.471 e. The number of nitrogens with zero attached hydrogens (tertiary/aromatic N) is 1. The van der Waals surface area contributed by atoms with E-state index in [0.717, 1.165) is 30.6 Å². The number of aromatic nitrogens is 1. The highest BCUT2D eigenvalue weighted by Gasteiger charge is 2.40. The molecule has 2 aliphatic heterocycles. The molecular weight excluding hydrogens is 393 g/mol. The first kappa shape index (κ1) is 18.9. The molecule has 10 heteroatoms. The minimum absolute atomic E-state index is 0.00841. The second kappa shape index (κ2) is 7.17. The molecule has 4 rings (SSSR count). The summed E-state index contributed by atoms with van der Waals surface area (Å²) in [5.41, 5.74) is 0.527. The van der Waals surface area contributed by atoms with Crippen LogP contribution in [0.4, 0.5) is 18.9 Å². The van der Waals surface area contributed by atoms with Crippen molar-refractivity contribution in [3.05, 3.63) is 35.3 Å². The number of halogens is 3. The fraction of sp³-hybridized carbons (Fsp3) is 0.389. The maximum absolute atomic E-state index is 12.5. The van der Waals surface area contributed by atoms with Crippen LogP contribution in [0.5, 0.6) is 0 Å². The van der Waals surface area contributed by atoms with Gasteiger partial charge in [0, 0.05) is 29.4 Å². The largest absolute Gasteiger partial charge is 0.471 e. The van der Waals surface area contributed by atoms with Crippen LogP contribution in [0, 0.1) is 0 Å². The van der Waals surface area contributed by atoms with Crippen molar-refractivity contribution in [1.82, 2.24) is 15.6 Å². The quantitative estimate of drug-likeness (QED) is 0.724. The van der Waals surface area contributed by atoms with E-state index in [1.807, 2.05) is 5.32 Å². The van der Waals surface area contributed by atoms with Crippen LogP contribution in [0.25, 0.3) is 10.6 Å². The molecule has 0 spiro atoms. The van der Waals surface area contributed by atoms with Crippen molar-refractivity contribution in [3.8, 4) is 10.6 Å². The third-order valence-electron chi connectivity index (χ3n) is 4.97. The average Bonchev–Trinajstić information content (AvgIpc) is 3.38. The number of anilines is 1. The molecule has 2 amide bonds. The second-order valence-electron chi connectivity index (χ2n) is 6.93. The van der Waals surface area contributed by atoms with Crippen molar-refractivity contribution in [1.29, 1.82) is 0 Å². The Morgan fingerprint density at radius 3 is 2.75 bits per heavy atom. The van der Waals surface area contributed by atoms with Gasteiger partial charge < -0.3 is 16.0 Å². The van der Waals surface area contributed by atoms with Gasteiger partial charge in [0.25, 0.3) is 5.91 Å². The number of benzene rings is 1. The number of alkyl halides is 3. The Kier molecular flexibility index (Phi) is 4.84. The van der Waals surface area contributed by atoms with Gasteiger partial charge in [0.15, 0.2) is 0 Å². The van der Waals surface area contributed by atoms with E-state index in [4.69, 9.17) is 0 Å². The predicted octanol–water partition coefficient (Wildman–Crippen LogP) is 2.93.